The smallest absolute Gasteiger partial charge is 0.221 e. The lowest BCUT2D eigenvalue weighted by atomic mass is 9.99. The minimum absolute atomic E-state index is 0.164. The Hall–Kier alpha value is -3.28. The van der Waals surface area contributed by atoms with Crippen LogP contribution in [0.1, 0.15) is 29.6 Å². The minimum atomic E-state index is -0.330. The van der Waals surface area contributed by atoms with Gasteiger partial charge in [0.15, 0.2) is 0 Å². The lowest BCUT2D eigenvalue weighted by Gasteiger charge is -2.15. The summed E-state index contributed by atoms with van der Waals surface area (Å²) in [5.74, 6) is 0.338. The van der Waals surface area contributed by atoms with E-state index in [9.17, 15) is 9.18 Å². The standard InChI is InChI=1S/C20H17FN4O/c1-12-22-10-15-11-23-20(16-5-3-4-6-18(16)21)17-9-14(24-13(2)26)7-8-19(17)25(12)15/h3-10H,11H2,1-2H3,(H,24,26). The summed E-state index contributed by atoms with van der Waals surface area (Å²) in [6.07, 6.45) is 1.79. The molecular formula is C20H17FN4O. The Morgan fingerprint density at radius 3 is 2.77 bits per heavy atom. The lowest BCUT2D eigenvalue weighted by molar-refractivity contribution is -0.114. The van der Waals surface area contributed by atoms with Gasteiger partial charge in [-0.25, -0.2) is 9.37 Å². The van der Waals surface area contributed by atoms with Gasteiger partial charge in [0.25, 0.3) is 0 Å². The van der Waals surface area contributed by atoms with Crippen molar-refractivity contribution >= 4 is 17.3 Å². The number of anilines is 1. The number of nitrogens with zero attached hydrogens (tertiary/aromatic N) is 3. The molecule has 0 bridgehead atoms. The average molecular weight is 348 g/mol. The van der Waals surface area contributed by atoms with Gasteiger partial charge >= 0.3 is 0 Å². The number of hydrogen-bond donors (Lipinski definition) is 1. The van der Waals surface area contributed by atoms with E-state index in [4.69, 9.17) is 0 Å². The maximum atomic E-state index is 14.5. The second-order valence-electron chi connectivity index (χ2n) is 6.19. The van der Waals surface area contributed by atoms with Crippen molar-refractivity contribution < 1.29 is 9.18 Å². The van der Waals surface area contributed by atoms with Crippen LogP contribution in [-0.2, 0) is 11.3 Å². The van der Waals surface area contributed by atoms with Gasteiger partial charge in [0, 0.05) is 23.7 Å². The van der Waals surface area contributed by atoms with E-state index < -0.39 is 0 Å². The van der Waals surface area contributed by atoms with Gasteiger partial charge in [0.2, 0.25) is 5.91 Å². The normalized spacial score (nSPS) is 12.7. The molecule has 3 aromatic rings. The van der Waals surface area contributed by atoms with Gasteiger partial charge in [0.05, 0.1) is 29.8 Å². The van der Waals surface area contributed by atoms with Crippen molar-refractivity contribution in [2.45, 2.75) is 20.4 Å². The summed E-state index contributed by atoms with van der Waals surface area (Å²) < 4.78 is 16.5. The summed E-state index contributed by atoms with van der Waals surface area (Å²) in [4.78, 5) is 20.5. The molecule has 2 aromatic carbocycles. The predicted molar refractivity (Wildman–Crippen MR) is 98.3 cm³/mol. The lowest BCUT2D eigenvalue weighted by Crippen LogP contribution is -2.12. The minimum Gasteiger partial charge on any atom is -0.326 e. The fourth-order valence-corrected chi connectivity index (χ4v) is 3.26. The van der Waals surface area contributed by atoms with Crippen LogP contribution in [-0.4, -0.2) is 21.2 Å². The topological polar surface area (TPSA) is 59.3 Å². The summed E-state index contributed by atoms with van der Waals surface area (Å²) in [6.45, 7) is 3.77. The monoisotopic (exact) mass is 348 g/mol. The van der Waals surface area contributed by atoms with Gasteiger partial charge in [-0.05, 0) is 37.3 Å². The number of fused-ring (bicyclic) bond motifs is 3. The number of carbonyl (C=O) groups is 1. The zero-order valence-electron chi connectivity index (χ0n) is 14.5. The summed E-state index contributed by atoms with van der Waals surface area (Å²) >= 11 is 0. The number of amides is 1. The van der Waals surface area contributed by atoms with Crippen LogP contribution in [0.3, 0.4) is 0 Å². The van der Waals surface area contributed by atoms with E-state index in [2.05, 4.69) is 15.3 Å². The molecule has 0 spiro atoms. The quantitative estimate of drug-likeness (QED) is 0.769. The molecule has 1 N–H and O–H groups in total. The molecule has 0 unspecified atom stereocenters. The Kier molecular flexibility index (Phi) is 3.88. The second kappa shape index (κ2) is 6.22. The van der Waals surface area contributed by atoms with Gasteiger partial charge in [-0.1, -0.05) is 12.1 Å². The Morgan fingerprint density at radius 2 is 2.00 bits per heavy atom. The highest BCUT2D eigenvalue weighted by molar-refractivity contribution is 6.16. The SMILES string of the molecule is CC(=O)Nc1ccc2c(c1)C(c1ccccc1F)=NCc1cnc(C)n1-2. The first-order chi connectivity index (χ1) is 12.5. The van der Waals surface area contributed by atoms with Gasteiger partial charge in [-0.15, -0.1) is 0 Å². The van der Waals surface area contributed by atoms with Gasteiger partial charge in [0.1, 0.15) is 11.6 Å². The van der Waals surface area contributed by atoms with Crippen LogP contribution in [0.15, 0.2) is 53.7 Å². The number of benzene rings is 2. The van der Waals surface area contributed by atoms with Crippen LogP contribution in [0.4, 0.5) is 10.1 Å². The molecule has 0 radical (unpaired) electrons. The molecule has 4 rings (SSSR count). The van der Waals surface area contributed by atoms with Gasteiger partial charge in [-0.2, -0.15) is 0 Å². The molecule has 0 atom stereocenters. The number of rotatable bonds is 2. The van der Waals surface area contributed by atoms with Gasteiger partial charge in [-0.3, -0.25) is 14.4 Å². The Bertz CT molecular complexity index is 1050. The largest absolute Gasteiger partial charge is 0.326 e. The summed E-state index contributed by atoms with van der Waals surface area (Å²) in [7, 11) is 0. The number of aryl methyl sites for hydroxylation is 1. The van der Waals surface area contributed by atoms with Crippen LogP contribution < -0.4 is 5.32 Å². The highest BCUT2D eigenvalue weighted by Gasteiger charge is 2.22. The van der Waals surface area contributed by atoms with E-state index in [1.807, 2.05) is 29.7 Å². The zero-order valence-corrected chi connectivity index (χ0v) is 14.5. The number of hydrogen-bond acceptors (Lipinski definition) is 3. The maximum absolute atomic E-state index is 14.5. The number of halogens is 1. The van der Waals surface area contributed by atoms with Crippen molar-refractivity contribution in [1.82, 2.24) is 9.55 Å². The molecule has 26 heavy (non-hydrogen) atoms. The molecule has 2 heterocycles. The van der Waals surface area contributed by atoms with Crippen molar-refractivity contribution in [3.8, 4) is 5.69 Å². The van der Waals surface area contributed by atoms with E-state index in [1.54, 1.807) is 24.4 Å². The van der Waals surface area contributed by atoms with Crippen molar-refractivity contribution in [3.05, 3.63) is 77.1 Å². The summed E-state index contributed by atoms with van der Waals surface area (Å²) in [5.41, 5.74) is 4.19. The first-order valence-electron chi connectivity index (χ1n) is 8.29. The highest BCUT2D eigenvalue weighted by atomic mass is 19.1. The van der Waals surface area contributed by atoms with E-state index in [1.165, 1.54) is 13.0 Å². The molecular weight excluding hydrogens is 331 g/mol. The molecule has 0 saturated carbocycles. The average Bonchev–Trinajstić information content (AvgIpc) is 2.89. The number of aliphatic imine (C=N–C) groups is 1. The molecule has 1 aromatic heterocycles. The van der Waals surface area contributed by atoms with Crippen LogP contribution in [0, 0.1) is 12.7 Å². The molecule has 1 aliphatic rings. The number of aromatic nitrogens is 2. The van der Waals surface area contributed by atoms with E-state index in [0.717, 1.165) is 22.8 Å². The van der Waals surface area contributed by atoms with Crippen LogP contribution in [0.5, 0.6) is 0 Å². The fraction of sp³-hybridized carbons (Fsp3) is 0.150. The molecule has 130 valence electrons. The number of imidazole rings is 1. The second-order valence-corrected chi connectivity index (χ2v) is 6.19. The van der Waals surface area contributed by atoms with Crippen LogP contribution >= 0.6 is 0 Å². The number of nitrogens with one attached hydrogen (secondary N) is 1. The summed E-state index contributed by atoms with van der Waals surface area (Å²) in [5, 5.41) is 2.78. The van der Waals surface area contributed by atoms with Crippen molar-refractivity contribution in [2.75, 3.05) is 5.32 Å². The van der Waals surface area contributed by atoms with Crippen molar-refractivity contribution in [3.63, 3.8) is 0 Å². The molecule has 1 amide bonds. The fourth-order valence-electron chi connectivity index (χ4n) is 3.26. The summed E-state index contributed by atoms with van der Waals surface area (Å²) in [6, 6.07) is 12.1. The zero-order chi connectivity index (χ0) is 18.3. The molecule has 0 saturated heterocycles. The van der Waals surface area contributed by atoms with E-state index >= 15 is 0 Å². The third kappa shape index (κ3) is 2.69. The molecule has 6 heteroatoms. The highest BCUT2D eigenvalue weighted by Crippen LogP contribution is 2.29. The third-order valence-corrected chi connectivity index (χ3v) is 4.35. The van der Waals surface area contributed by atoms with Crippen molar-refractivity contribution in [1.29, 1.82) is 0 Å². The molecule has 5 nitrogen and oxygen atoms in total. The Morgan fingerprint density at radius 1 is 1.19 bits per heavy atom. The molecule has 0 fully saturated rings. The molecule has 0 aliphatic carbocycles. The van der Waals surface area contributed by atoms with Gasteiger partial charge < -0.3 is 5.32 Å². The number of carbonyl (C=O) groups excluding carboxylic acids is 1. The first-order valence-corrected chi connectivity index (χ1v) is 8.29. The Balaban J connectivity index is 1.97. The Labute approximate surface area is 150 Å². The predicted octanol–water partition coefficient (Wildman–Crippen LogP) is 3.63. The van der Waals surface area contributed by atoms with E-state index in [-0.39, 0.29) is 11.7 Å². The molecule has 1 aliphatic heterocycles. The van der Waals surface area contributed by atoms with Crippen LogP contribution in [0.25, 0.3) is 5.69 Å². The first kappa shape index (κ1) is 16.2. The third-order valence-electron chi connectivity index (χ3n) is 4.35. The van der Waals surface area contributed by atoms with Crippen molar-refractivity contribution in [2.24, 2.45) is 4.99 Å². The van der Waals surface area contributed by atoms with E-state index in [0.29, 0.717) is 23.5 Å². The maximum Gasteiger partial charge on any atom is 0.221 e. The van der Waals surface area contributed by atoms with Crippen LogP contribution in [0.2, 0.25) is 0 Å².